The second kappa shape index (κ2) is 5.10. The summed E-state index contributed by atoms with van der Waals surface area (Å²) in [6, 6.07) is 0. The highest BCUT2D eigenvalue weighted by atomic mass is 32.2. The van der Waals surface area contributed by atoms with Crippen LogP contribution in [0, 0.1) is 5.92 Å². The zero-order valence-corrected chi connectivity index (χ0v) is 12.4. The van der Waals surface area contributed by atoms with E-state index in [-0.39, 0.29) is 10.8 Å². The fourth-order valence-electron chi connectivity index (χ4n) is 3.71. The molecule has 2 fully saturated rings. The number of nitrogens with zero attached hydrogens (tertiary/aromatic N) is 1. The first kappa shape index (κ1) is 14.3. The predicted octanol–water partition coefficient (Wildman–Crippen LogP) is 1.01. The minimum absolute atomic E-state index is 0.278. The van der Waals surface area contributed by atoms with Gasteiger partial charge in [-0.15, -0.1) is 0 Å². The van der Waals surface area contributed by atoms with E-state index in [1.54, 1.807) is 0 Å². The summed E-state index contributed by atoms with van der Waals surface area (Å²) >= 11 is 0. The van der Waals surface area contributed by atoms with E-state index in [2.05, 4.69) is 11.9 Å². The molecule has 0 aromatic rings. The summed E-state index contributed by atoms with van der Waals surface area (Å²) in [4.78, 5) is 2.26. The van der Waals surface area contributed by atoms with Gasteiger partial charge in [0.2, 0.25) is 0 Å². The van der Waals surface area contributed by atoms with Crippen LogP contribution in [0.1, 0.15) is 38.5 Å². The van der Waals surface area contributed by atoms with Crippen molar-refractivity contribution in [1.82, 2.24) is 4.90 Å². The highest BCUT2D eigenvalue weighted by Crippen LogP contribution is 2.40. The Bertz CT molecular complexity index is 392. The van der Waals surface area contributed by atoms with Gasteiger partial charge in [0.1, 0.15) is 0 Å². The van der Waals surface area contributed by atoms with Crippen molar-refractivity contribution in [3.8, 4) is 0 Å². The molecule has 2 saturated carbocycles. The summed E-state index contributed by atoms with van der Waals surface area (Å²) in [6.45, 7) is 1.46. The molecule has 18 heavy (non-hydrogen) atoms. The summed E-state index contributed by atoms with van der Waals surface area (Å²) in [5, 5.41) is -0.278. The molecule has 2 unspecified atom stereocenters. The molecule has 0 aromatic carbocycles. The third kappa shape index (κ3) is 2.45. The van der Waals surface area contributed by atoms with Crippen molar-refractivity contribution in [3.05, 3.63) is 0 Å². The second-order valence-electron chi connectivity index (χ2n) is 6.20. The number of nitrogens with two attached hydrogens (primary N) is 1. The Balaban J connectivity index is 2.17. The van der Waals surface area contributed by atoms with E-state index in [0.29, 0.717) is 6.54 Å². The highest BCUT2D eigenvalue weighted by molar-refractivity contribution is 7.91. The highest BCUT2D eigenvalue weighted by Gasteiger charge is 2.50. The predicted molar refractivity (Wildman–Crippen MR) is 74.2 cm³/mol. The number of hydrogen-bond donors (Lipinski definition) is 1. The smallest absolute Gasteiger partial charge is 0.152 e. The SMILES string of the molecule is CN(CC1CCC1)C1(CN)CCCC1S(C)(=O)=O. The average molecular weight is 274 g/mol. The molecule has 2 aliphatic carbocycles. The lowest BCUT2D eigenvalue weighted by atomic mass is 9.83. The molecular weight excluding hydrogens is 248 g/mol. The van der Waals surface area contributed by atoms with E-state index in [1.807, 2.05) is 0 Å². The van der Waals surface area contributed by atoms with Crippen molar-refractivity contribution in [1.29, 1.82) is 0 Å². The Morgan fingerprint density at radius 1 is 1.28 bits per heavy atom. The van der Waals surface area contributed by atoms with E-state index in [0.717, 1.165) is 31.7 Å². The molecule has 106 valence electrons. The normalized spacial score (nSPS) is 33.9. The molecule has 0 spiro atoms. The van der Waals surface area contributed by atoms with Crippen molar-refractivity contribution in [3.63, 3.8) is 0 Å². The van der Waals surface area contributed by atoms with Crippen LogP contribution in [0.5, 0.6) is 0 Å². The first-order valence-electron chi connectivity index (χ1n) is 7.00. The maximum absolute atomic E-state index is 12.0. The summed E-state index contributed by atoms with van der Waals surface area (Å²) in [7, 11) is -0.949. The van der Waals surface area contributed by atoms with Gasteiger partial charge < -0.3 is 5.73 Å². The quantitative estimate of drug-likeness (QED) is 0.813. The summed E-state index contributed by atoms with van der Waals surface area (Å²) < 4.78 is 24.0. The topological polar surface area (TPSA) is 63.4 Å². The van der Waals surface area contributed by atoms with Gasteiger partial charge >= 0.3 is 0 Å². The Hall–Kier alpha value is -0.130. The van der Waals surface area contributed by atoms with Gasteiger partial charge in [-0.25, -0.2) is 8.42 Å². The zero-order chi connectivity index (χ0) is 13.4. The summed E-state index contributed by atoms with van der Waals surface area (Å²) in [5.41, 5.74) is 5.67. The third-order valence-electron chi connectivity index (χ3n) is 5.06. The summed E-state index contributed by atoms with van der Waals surface area (Å²) in [6.07, 6.45) is 7.93. The number of rotatable bonds is 5. The van der Waals surface area contributed by atoms with Gasteiger partial charge in [-0.2, -0.15) is 0 Å². The standard InChI is InChI=1S/C13H26N2O2S/c1-15(9-11-5-3-6-11)13(10-14)8-4-7-12(13)18(2,16)17/h11-12H,3-10,14H2,1-2H3. The average Bonchev–Trinajstić information content (AvgIpc) is 2.67. The molecule has 0 radical (unpaired) electrons. The Morgan fingerprint density at radius 2 is 1.94 bits per heavy atom. The van der Waals surface area contributed by atoms with Gasteiger partial charge in [0.15, 0.2) is 9.84 Å². The van der Waals surface area contributed by atoms with Gasteiger partial charge in [0.05, 0.1) is 5.25 Å². The first-order valence-corrected chi connectivity index (χ1v) is 8.96. The molecule has 2 rings (SSSR count). The molecule has 0 aliphatic heterocycles. The molecule has 0 bridgehead atoms. The van der Waals surface area contributed by atoms with Crippen LogP contribution in [-0.2, 0) is 9.84 Å². The van der Waals surface area contributed by atoms with Crippen molar-refractivity contribution in [2.45, 2.75) is 49.3 Å². The molecule has 0 heterocycles. The van der Waals surface area contributed by atoms with E-state index >= 15 is 0 Å². The second-order valence-corrected chi connectivity index (χ2v) is 8.42. The third-order valence-corrected chi connectivity index (χ3v) is 6.77. The molecule has 2 aliphatic rings. The summed E-state index contributed by atoms with van der Waals surface area (Å²) in [5.74, 6) is 0.749. The molecule has 4 nitrogen and oxygen atoms in total. The number of likely N-dealkylation sites (N-methyl/N-ethyl adjacent to an activating group) is 1. The van der Waals surface area contributed by atoms with Gasteiger partial charge in [-0.05, 0) is 38.6 Å². The van der Waals surface area contributed by atoms with Crippen molar-refractivity contribution >= 4 is 9.84 Å². The Labute approximate surface area is 111 Å². The minimum Gasteiger partial charge on any atom is -0.329 e. The van der Waals surface area contributed by atoms with E-state index in [1.165, 1.54) is 25.5 Å². The van der Waals surface area contributed by atoms with Gasteiger partial charge in [-0.3, -0.25) is 4.90 Å². The fraction of sp³-hybridized carbons (Fsp3) is 1.00. The molecule has 2 N–H and O–H groups in total. The monoisotopic (exact) mass is 274 g/mol. The van der Waals surface area contributed by atoms with Crippen LogP contribution >= 0.6 is 0 Å². The molecule has 0 amide bonds. The molecular formula is C13H26N2O2S. The van der Waals surface area contributed by atoms with Crippen LogP contribution in [-0.4, -0.2) is 50.5 Å². The first-order chi connectivity index (χ1) is 8.40. The van der Waals surface area contributed by atoms with Crippen LogP contribution in [0.4, 0.5) is 0 Å². The van der Waals surface area contributed by atoms with E-state index < -0.39 is 9.84 Å². The lowest BCUT2D eigenvalue weighted by Crippen LogP contribution is -2.60. The van der Waals surface area contributed by atoms with E-state index in [9.17, 15) is 8.42 Å². The lowest BCUT2D eigenvalue weighted by molar-refractivity contribution is 0.0913. The van der Waals surface area contributed by atoms with Crippen molar-refractivity contribution < 1.29 is 8.42 Å². The number of hydrogen-bond acceptors (Lipinski definition) is 4. The van der Waals surface area contributed by atoms with Gasteiger partial charge in [0.25, 0.3) is 0 Å². The maximum Gasteiger partial charge on any atom is 0.152 e. The van der Waals surface area contributed by atoms with Gasteiger partial charge in [0, 0.05) is 24.9 Å². The maximum atomic E-state index is 12.0. The zero-order valence-electron chi connectivity index (χ0n) is 11.6. The van der Waals surface area contributed by atoms with Crippen LogP contribution in [0.15, 0.2) is 0 Å². The van der Waals surface area contributed by atoms with Crippen molar-refractivity contribution in [2.75, 3.05) is 26.4 Å². The van der Waals surface area contributed by atoms with Crippen LogP contribution in [0.2, 0.25) is 0 Å². The van der Waals surface area contributed by atoms with Gasteiger partial charge in [-0.1, -0.05) is 12.8 Å². The number of sulfone groups is 1. The Kier molecular flexibility index (Phi) is 4.04. The molecule has 5 heteroatoms. The Morgan fingerprint density at radius 3 is 2.39 bits per heavy atom. The van der Waals surface area contributed by atoms with Crippen LogP contribution < -0.4 is 5.73 Å². The fourth-order valence-corrected chi connectivity index (χ4v) is 5.49. The van der Waals surface area contributed by atoms with Crippen LogP contribution in [0.25, 0.3) is 0 Å². The molecule has 0 aromatic heterocycles. The lowest BCUT2D eigenvalue weighted by Gasteiger charge is -2.44. The van der Waals surface area contributed by atoms with E-state index in [4.69, 9.17) is 5.73 Å². The van der Waals surface area contributed by atoms with Crippen LogP contribution in [0.3, 0.4) is 0 Å². The molecule has 2 atom stereocenters. The largest absolute Gasteiger partial charge is 0.329 e. The molecule has 0 saturated heterocycles. The minimum atomic E-state index is -3.01. The van der Waals surface area contributed by atoms with Crippen molar-refractivity contribution in [2.24, 2.45) is 11.7 Å².